The van der Waals surface area contributed by atoms with E-state index in [4.69, 9.17) is 6.42 Å². The van der Waals surface area contributed by atoms with Gasteiger partial charge in [-0.1, -0.05) is 30.2 Å². The second kappa shape index (κ2) is 6.09. The smallest absolute Gasteiger partial charge is 0.273 e. The summed E-state index contributed by atoms with van der Waals surface area (Å²) in [5.74, 6) is 1.50. The van der Waals surface area contributed by atoms with Gasteiger partial charge in [-0.2, -0.15) is 0 Å². The van der Waals surface area contributed by atoms with Gasteiger partial charge in [-0.3, -0.25) is 19.4 Å². The van der Waals surface area contributed by atoms with Crippen LogP contribution >= 0.6 is 0 Å². The van der Waals surface area contributed by atoms with Gasteiger partial charge in [0.2, 0.25) is 11.8 Å². The first kappa shape index (κ1) is 16.5. The summed E-state index contributed by atoms with van der Waals surface area (Å²) in [5, 5.41) is 0. The molecule has 0 saturated carbocycles. The first-order valence-electron chi connectivity index (χ1n) is 7.14. The van der Waals surface area contributed by atoms with Crippen LogP contribution in [0.3, 0.4) is 0 Å². The minimum Gasteiger partial charge on any atom is -0.273 e. The summed E-state index contributed by atoms with van der Waals surface area (Å²) in [7, 11) is 2.75. The molecule has 1 aromatic rings. The van der Waals surface area contributed by atoms with Gasteiger partial charge in [-0.25, -0.2) is 4.79 Å². The quantitative estimate of drug-likeness (QED) is 0.484. The number of urea groups is 1. The van der Waals surface area contributed by atoms with Crippen molar-refractivity contribution in [2.45, 2.75) is 12.8 Å². The molecule has 118 valence electrons. The molecular weight excluding hydrogens is 292 g/mol. The number of carbonyl (C=O) groups is 3. The minimum absolute atomic E-state index is 0.124. The summed E-state index contributed by atoms with van der Waals surface area (Å²) in [6.45, 7) is 3.66. The molecule has 1 heterocycles. The van der Waals surface area contributed by atoms with E-state index < -0.39 is 23.3 Å². The number of barbiturate groups is 1. The maximum Gasteiger partial charge on any atom is 0.332 e. The molecule has 1 saturated heterocycles. The van der Waals surface area contributed by atoms with Gasteiger partial charge >= 0.3 is 6.03 Å². The lowest BCUT2D eigenvalue weighted by Crippen LogP contribution is -2.63. The fraction of sp³-hybridized carbons (Fsp3) is 0.278. The Labute approximate surface area is 135 Å². The Morgan fingerprint density at radius 1 is 1.17 bits per heavy atom. The molecule has 5 nitrogen and oxygen atoms in total. The van der Waals surface area contributed by atoms with Gasteiger partial charge < -0.3 is 0 Å². The second-order valence-corrected chi connectivity index (χ2v) is 5.56. The lowest BCUT2D eigenvalue weighted by molar-refractivity contribution is -0.156. The average molecular weight is 310 g/mol. The van der Waals surface area contributed by atoms with Gasteiger partial charge in [0.05, 0.1) is 0 Å². The van der Waals surface area contributed by atoms with E-state index in [0.29, 0.717) is 5.56 Å². The minimum atomic E-state index is -1.40. The molecule has 0 aromatic heterocycles. The number of hydrogen-bond donors (Lipinski definition) is 0. The number of amides is 4. The van der Waals surface area contributed by atoms with Crippen LogP contribution in [0.5, 0.6) is 0 Å². The van der Waals surface area contributed by atoms with Gasteiger partial charge in [-0.05, 0) is 24.5 Å². The summed E-state index contributed by atoms with van der Waals surface area (Å²) in [6.07, 6.45) is 7.28. The standard InChI is InChI=1S/C18H18N2O3/c1-5-11-18(12-14-10-8-7-9-13(14)6-2)15(21)19(3)17(23)20(4)16(18)22/h2,5,7-10H,1,11-12H2,3-4H3. The summed E-state index contributed by atoms with van der Waals surface area (Å²) in [5.41, 5.74) is -0.0556. The van der Waals surface area contributed by atoms with E-state index in [1.807, 2.05) is 0 Å². The van der Waals surface area contributed by atoms with Crippen molar-refractivity contribution in [1.29, 1.82) is 0 Å². The molecule has 0 bridgehead atoms. The molecule has 0 aliphatic carbocycles. The van der Waals surface area contributed by atoms with E-state index in [2.05, 4.69) is 12.5 Å². The fourth-order valence-corrected chi connectivity index (χ4v) is 2.92. The molecule has 0 spiro atoms. The number of rotatable bonds is 4. The summed E-state index contributed by atoms with van der Waals surface area (Å²) < 4.78 is 0. The second-order valence-electron chi connectivity index (χ2n) is 5.56. The molecule has 1 aromatic carbocycles. The summed E-state index contributed by atoms with van der Waals surface area (Å²) in [6, 6.07) is 6.51. The molecule has 0 radical (unpaired) electrons. The molecule has 4 amide bonds. The van der Waals surface area contributed by atoms with E-state index in [0.717, 1.165) is 15.4 Å². The van der Waals surface area contributed by atoms with Crippen molar-refractivity contribution in [3.8, 4) is 12.3 Å². The maximum atomic E-state index is 12.8. The molecule has 2 rings (SSSR count). The van der Waals surface area contributed by atoms with Crippen LogP contribution in [0.1, 0.15) is 17.5 Å². The normalized spacial score (nSPS) is 17.2. The third-order valence-electron chi connectivity index (χ3n) is 4.16. The first-order chi connectivity index (χ1) is 10.9. The Hall–Kier alpha value is -2.87. The van der Waals surface area contributed by atoms with Crippen LogP contribution in [0.4, 0.5) is 4.79 Å². The van der Waals surface area contributed by atoms with E-state index in [-0.39, 0.29) is 12.8 Å². The van der Waals surface area contributed by atoms with Crippen molar-refractivity contribution >= 4 is 17.8 Å². The van der Waals surface area contributed by atoms with Gasteiger partial charge in [0.1, 0.15) is 5.41 Å². The van der Waals surface area contributed by atoms with Crippen molar-refractivity contribution in [2.24, 2.45) is 5.41 Å². The fourth-order valence-electron chi connectivity index (χ4n) is 2.92. The highest BCUT2D eigenvalue weighted by atomic mass is 16.2. The molecular formula is C18H18N2O3. The molecule has 0 atom stereocenters. The van der Waals surface area contributed by atoms with E-state index in [1.165, 1.54) is 20.2 Å². The van der Waals surface area contributed by atoms with Gasteiger partial charge in [-0.15, -0.1) is 13.0 Å². The Morgan fingerprint density at radius 2 is 1.74 bits per heavy atom. The number of imide groups is 2. The average Bonchev–Trinajstić information content (AvgIpc) is 2.57. The van der Waals surface area contributed by atoms with Gasteiger partial charge in [0.15, 0.2) is 0 Å². The monoisotopic (exact) mass is 310 g/mol. The first-order valence-corrected chi connectivity index (χ1v) is 7.14. The zero-order valence-corrected chi connectivity index (χ0v) is 13.2. The Kier molecular flexibility index (Phi) is 4.37. The van der Waals surface area contributed by atoms with Crippen LogP contribution < -0.4 is 0 Å². The van der Waals surface area contributed by atoms with Crippen molar-refractivity contribution < 1.29 is 14.4 Å². The zero-order valence-electron chi connectivity index (χ0n) is 13.2. The summed E-state index contributed by atoms with van der Waals surface area (Å²) in [4.78, 5) is 39.4. The van der Waals surface area contributed by atoms with Crippen molar-refractivity contribution in [3.05, 3.63) is 48.0 Å². The molecule has 23 heavy (non-hydrogen) atoms. The lowest BCUT2D eigenvalue weighted by atomic mass is 9.74. The Morgan fingerprint density at radius 3 is 2.26 bits per heavy atom. The van der Waals surface area contributed by atoms with Crippen molar-refractivity contribution in [2.75, 3.05) is 14.1 Å². The van der Waals surface area contributed by atoms with Gasteiger partial charge in [0.25, 0.3) is 0 Å². The number of terminal acetylenes is 1. The van der Waals surface area contributed by atoms with Crippen molar-refractivity contribution in [3.63, 3.8) is 0 Å². The largest absolute Gasteiger partial charge is 0.332 e. The van der Waals surface area contributed by atoms with Crippen molar-refractivity contribution in [1.82, 2.24) is 9.80 Å². The summed E-state index contributed by atoms with van der Waals surface area (Å²) >= 11 is 0. The maximum absolute atomic E-state index is 12.8. The number of allylic oxidation sites excluding steroid dienone is 1. The van der Waals surface area contributed by atoms with Crippen LogP contribution in [-0.4, -0.2) is 41.7 Å². The molecule has 5 heteroatoms. The molecule has 0 unspecified atom stereocenters. The van der Waals surface area contributed by atoms with E-state index >= 15 is 0 Å². The lowest BCUT2D eigenvalue weighted by Gasteiger charge is -2.41. The zero-order chi connectivity index (χ0) is 17.2. The van der Waals surface area contributed by atoms with Crippen LogP contribution in [0, 0.1) is 17.8 Å². The van der Waals surface area contributed by atoms with E-state index in [1.54, 1.807) is 24.3 Å². The Balaban J connectivity index is 2.57. The molecule has 1 fully saturated rings. The highest BCUT2D eigenvalue weighted by Gasteiger charge is 2.54. The molecule has 1 aliphatic heterocycles. The van der Waals surface area contributed by atoms with Crippen LogP contribution in [0.25, 0.3) is 0 Å². The van der Waals surface area contributed by atoms with Crippen LogP contribution in [-0.2, 0) is 16.0 Å². The number of benzene rings is 1. The topological polar surface area (TPSA) is 57.7 Å². The highest BCUT2D eigenvalue weighted by molar-refractivity contribution is 6.19. The van der Waals surface area contributed by atoms with E-state index in [9.17, 15) is 14.4 Å². The van der Waals surface area contributed by atoms with Gasteiger partial charge in [0, 0.05) is 19.7 Å². The number of carbonyl (C=O) groups excluding carboxylic acids is 3. The molecule has 0 N–H and O–H groups in total. The Bertz CT molecular complexity index is 706. The predicted molar refractivity (Wildman–Crippen MR) is 86.3 cm³/mol. The third-order valence-corrected chi connectivity index (χ3v) is 4.16. The number of hydrogen-bond acceptors (Lipinski definition) is 3. The third kappa shape index (κ3) is 2.53. The SMILES string of the molecule is C#Cc1ccccc1CC1(CC=C)C(=O)N(C)C(=O)N(C)C1=O. The van der Waals surface area contributed by atoms with Crippen LogP contribution in [0.15, 0.2) is 36.9 Å². The molecule has 1 aliphatic rings. The number of nitrogens with zero attached hydrogens (tertiary/aromatic N) is 2. The highest BCUT2D eigenvalue weighted by Crippen LogP contribution is 2.36. The predicted octanol–water partition coefficient (Wildman–Crippen LogP) is 1.82. The van der Waals surface area contributed by atoms with Crippen LogP contribution in [0.2, 0.25) is 0 Å².